The molecule has 0 amide bonds. The van der Waals surface area contributed by atoms with Gasteiger partial charge in [0.25, 0.3) is 0 Å². The molecule has 2 saturated heterocycles. The number of pyridine rings is 2. The molecule has 2 aliphatic heterocycles. The number of piperidine rings is 2. The van der Waals surface area contributed by atoms with Crippen LogP contribution in [0.15, 0.2) is 109 Å². The van der Waals surface area contributed by atoms with Crippen molar-refractivity contribution in [1.82, 2.24) is 25.6 Å². The van der Waals surface area contributed by atoms with Gasteiger partial charge in [0.05, 0.1) is 34.3 Å². The number of rotatable bonds is 12. The Bertz CT molecular complexity index is 2980. The minimum Gasteiger partial charge on any atom is -0.492 e. The van der Waals surface area contributed by atoms with Gasteiger partial charge in [0, 0.05) is 69.1 Å². The lowest BCUT2D eigenvalue weighted by Gasteiger charge is -2.24. The first-order valence-corrected chi connectivity index (χ1v) is 25.5. The van der Waals surface area contributed by atoms with Crippen LogP contribution in [0.3, 0.4) is 0 Å². The molecule has 0 radical (unpaired) electrons. The number of hydrogen-bond donors (Lipinski definition) is 2. The number of nitrogens with zero attached hydrogens (tertiary/aromatic N) is 3. The second kappa shape index (κ2) is 21.9. The Morgan fingerprint density at radius 3 is 1.51 bits per heavy atom. The highest BCUT2D eigenvalue weighted by atomic mass is 35.5. The predicted octanol–water partition coefficient (Wildman–Crippen LogP) is 15.1. The van der Waals surface area contributed by atoms with Gasteiger partial charge in [-0.25, -0.2) is 9.37 Å². The van der Waals surface area contributed by atoms with E-state index in [2.05, 4.69) is 85.8 Å². The van der Waals surface area contributed by atoms with Crippen molar-refractivity contribution in [3.8, 4) is 55.5 Å². The number of ether oxygens (including phenoxy) is 2. The van der Waals surface area contributed by atoms with Crippen LogP contribution in [-0.2, 0) is 0 Å². The van der Waals surface area contributed by atoms with Gasteiger partial charge in [0.1, 0.15) is 22.3 Å². The summed E-state index contributed by atoms with van der Waals surface area (Å²) in [5.41, 5.74) is 13.2. The molecule has 0 bridgehead atoms. The first kappa shape index (κ1) is 47.6. The van der Waals surface area contributed by atoms with E-state index in [1.807, 2.05) is 36.0 Å². The van der Waals surface area contributed by atoms with Gasteiger partial charge < -0.3 is 20.1 Å². The second-order valence-corrected chi connectivity index (χ2v) is 20.1. The zero-order chi connectivity index (χ0) is 47.1. The van der Waals surface area contributed by atoms with Crippen molar-refractivity contribution in [3.63, 3.8) is 0 Å². The van der Waals surface area contributed by atoms with E-state index in [9.17, 15) is 4.39 Å². The number of halogens is 3. The molecule has 2 unspecified atom stereocenters. The van der Waals surface area contributed by atoms with E-state index < -0.39 is 0 Å². The van der Waals surface area contributed by atoms with Crippen molar-refractivity contribution in [2.24, 2.45) is 0 Å². The van der Waals surface area contributed by atoms with E-state index in [-0.39, 0.29) is 5.82 Å². The lowest BCUT2D eigenvalue weighted by Crippen LogP contribution is -2.35. The zero-order valence-electron chi connectivity index (χ0n) is 39.2. The summed E-state index contributed by atoms with van der Waals surface area (Å²) in [6.45, 7) is 11.9. The number of aromatic nitrogens is 3. The normalized spacial score (nSPS) is 16.1. The van der Waals surface area contributed by atoms with Crippen molar-refractivity contribution in [2.45, 2.75) is 91.1 Å². The van der Waals surface area contributed by atoms with E-state index in [4.69, 9.17) is 42.6 Å². The summed E-state index contributed by atoms with van der Waals surface area (Å²) in [4.78, 5) is 14.0. The van der Waals surface area contributed by atoms with Gasteiger partial charge in [-0.1, -0.05) is 107 Å². The second-order valence-electron chi connectivity index (χ2n) is 18.4. The predicted molar refractivity (Wildman–Crippen MR) is 281 cm³/mol. The molecule has 5 heterocycles. The van der Waals surface area contributed by atoms with E-state index in [1.54, 1.807) is 29.7 Å². The molecule has 2 fully saturated rings. The Labute approximate surface area is 413 Å². The number of thiazole rings is 1. The van der Waals surface area contributed by atoms with Gasteiger partial charge >= 0.3 is 0 Å². The standard InChI is InChI=1S/C30H30ClFN2O.C27H28ClN3OS/c1-19-13-20(2)15-22(14-19)27-18-34-29-17-28(31)25(21-6-8-23(32)9-7-21)16-26(29)30(27)35-12-10-24-5-3-4-11-33-24;1-17-11-18(2)13-19(12-17)23-16-31-25-15-24(28)21(27-30-8-10-33-27)14-22(25)26(23)32-9-6-20-5-3-4-7-29-20/h6-9,13-18,24,33H,3-5,10-12H2,1-2H3;8,10-16,20,29H,3-7,9H2,1-2H3. The number of benzene rings is 5. The SMILES string of the molecule is Cc1cc(C)cc(-c2cnc3cc(Cl)c(-c4ccc(F)cc4)cc3c2OCCC2CCCCN2)c1.Cc1cc(C)cc(-c2cnc3cc(Cl)c(-c4nccs4)cc3c2OCCC2CCCCN2)c1. The molecule has 8 aromatic rings. The Morgan fingerprint density at radius 2 is 1.06 bits per heavy atom. The summed E-state index contributed by atoms with van der Waals surface area (Å²) in [5, 5.41) is 13.2. The smallest absolute Gasteiger partial charge is 0.138 e. The maximum absolute atomic E-state index is 13.6. The van der Waals surface area contributed by atoms with Crippen LogP contribution in [-0.4, -0.2) is 53.3 Å². The van der Waals surface area contributed by atoms with Gasteiger partial charge in [-0.15, -0.1) is 11.3 Å². The molecule has 0 spiro atoms. The van der Waals surface area contributed by atoms with Crippen molar-refractivity contribution in [1.29, 1.82) is 0 Å². The first-order chi connectivity index (χ1) is 33.1. The van der Waals surface area contributed by atoms with Gasteiger partial charge in [-0.2, -0.15) is 0 Å². The van der Waals surface area contributed by atoms with Crippen LogP contribution in [0, 0.1) is 33.5 Å². The third-order valence-electron chi connectivity index (χ3n) is 12.9. The molecule has 2 atom stereocenters. The fraction of sp³-hybridized carbons (Fsp3) is 0.316. The summed E-state index contributed by atoms with van der Waals surface area (Å²) < 4.78 is 26.7. The maximum atomic E-state index is 13.6. The van der Waals surface area contributed by atoms with Gasteiger partial charge in [-0.05, 0) is 132 Å². The van der Waals surface area contributed by atoms with Crippen LogP contribution in [0.1, 0.15) is 73.6 Å². The fourth-order valence-electron chi connectivity index (χ4n) is 9.68. The van der Waals surface area contributed by atoms with Crippen molar-refractivity contribution in [3.05, 3.63) is 147 Å². The van der Waals surface area contributed by atoms with Crippen LogP contribution in [0.25, 0.3) is 65.8 Å². The zero-order valence-corrected chi connectivity index (χ0v) is 41.6. The highest BCUT2D eigenvalue weighted by molar-refractivity contribution is 7.13. The molecular formula is C57H58Cl2FN5O2S. The van der Waals surface area contributed by atoms with Crippen LogP contribution < -0.4 is 20.1 Å². The molecule has 11 heteroatoms. The summed E-state index contributed by atoms with van der Waals surface area (Å²) in [6.07, 6.45) is 15.0. The topological polar surface area (TPSA) is 81.2 Å². The molecule has 0 aliphatic carbocycles. The summed E-state index contributed by atoms with van der Waals surface area (Å²) in [7, 11) is 0. The van der Waals surface area contributed by atoms with Gasteiger partial charge in [-0.3, -0.25) is 9.97 Å². The van der Waals surface area contributed by atoms with E-state index in [1.165, 1.54) is 72.9 Å². The van der Waals surface area contributed by atoms with Crippen LogP contribution in [0.4, 0.5) is 4.39 Å². The molecule has 3 aromatic heterocycles. The first-order valence-electron chi connectivity index (χ1n) is 23.9. The highest BCUT2D eigenvalue weighted by Crippen LogP contribution is 2.43. The average Bonchev–Trinajstić information content (AvgIpc) is 3.87. The number of hydrogen-bond acceptors (Lipinski definition) is 8. The molecule has 68 heavy (non-hydrogen) atoms. The number of fused-ring (bicyclic) bond motifs is 2. The quantitative estimate of drug-likeness (QED) is 0.126. The van der Waals surface area contributed by atoms with Crippen molar-refractivity contribution < 1.29 is 13.9 Å². The monoisotopic (exact) mass is 965 g/mol. The van der Waals surface area contributed by atoms with E-state index >= 15 is 0 Å². The van der Waals surface area contributed by atoms with Crippen LogP contribution >= 0.6 is 34.5 Å². The third kappa shape index (κ3) is 11.4. The average molecular weight is 967 g/mol. The Morgan fingerprint density at radius 1 is 0.574 bits per heavy atom. The lowest BCUT2D eigenvalue weighted by atomic mass is 9.97. The van der Waals surface area contributed by atoms with Crippen LogP contribution in [0.2, 0.25) is 10.0 Å². The highest BCUT2D eigenvalue weighted by Gasteiger charge is 2.21. The van der Waals surface area contributed by atoms with Gasteiger partial charge in [0.2, 0.25) is 0 Å². The Balaban J connectivity index is 0.000000170. The molecule has 350 valence electrons. The number of nitrogens with one attached hydrogen (secondary N) is 2. The van der Waals surface area contributed by atoms with E-state index in [0.717, 1.165) is 103 Å². The molecule has 0 saturated carbocycles. The third-order valence-corrected chi connectivity index (χ3v) is 14.4. The maximum Gasteiger partial charge on any atom is 0.138 e. The van der Waals surface area contributed by atoms with E-state index in [0.29, 0.717) is 35.3 Å². The molecule has 10 rings (SSSR count). The largest absolute Gasteiger partial charge is 0.492 e. The summed E-state index contributed by atoms with van der Waals surface area (Å²) in [6, 6.07) is 28.4. The fourth-order valence-corrected chi connectivity index (χ4v) is 10.9. The molecule has 5 aromatic carbocycles. The van der Waals surface area contributed by atoms with Crippen molar-refractivity contribution in [2.75, 3.05) is 26.3 Å². The summed E-state index contributed by atoms with van der Waals surface area (Å²) in [5.74, 6) is 1.41. The Hall–Kier alpha value is -5.42. The minimum absolute atomic E-state index is 0.273. The van der Waals surface area contributed by atoms with Gasteiger partial charge in [0.15, 0.2) is 0 Å². The van der Waals surface area contributed by atoms with Crippen molar-refractivity contribution >= 4 is 56.3 Å². The number of aryl methyl sites for hydroxylation is 4. The Kier molecular flexibility index (Phi) is 15.3. The van der Waals surface area contributed by atoms with Crippen LogP contribution in [0.5, 0.6) is 11.5 Å². The summed E-state index contributed by atoms with van der Waals surface area (Å²) >= 11 is 14.9. The molecule has 7 nitrogen and oxygen atoms in total. The minimum atomic E-state index is -0.273. The molecule has 2 N–H and O–H groups in total. The molecular weight excluding hydrogens is 909 g/mol. The lowest BCUT2D eigenvalue weighted by molar-refractivity contribution is 0.271. The molecule has 2 aliphatic rings.